The maximum atomic E-state index is 11.4. The maximum absolute atomic E-state index is 11.4. The molecule has 0 aliphatic rings. The van der Waals surface area contributed by atoms with Gasteiger partial charge in [-0.15, -0.1) is 4.52 Å². The van der Waals surface area contributed by atoms with Gasteiger partial charge in [0.25, 0.3) is 5.69 Å². The molecule has 7 heteroatoms. The fraction of sp³-hybridized carbons (Fsp3) is 0.500. The monoisotopic (exact) mass is 286 g/mol. The van der Waals surface area contributed by atoms with Crippen LogP contribution >= 0.6 is 8.25 Å². The van der Waals surface area contributed by atoms with Gasteiger partial charge in [-0.25, -0.2) is 4.52 Å². The van der Waals surface area contributed by atoms with Crippen molar-refractivity contribution in [1.82, 2.24) is 0 Å². The van der Waals surface area contributed by atoms with Gasteiger partial charge in [0.1, 0.15) is 6.61 Å². The van der Waals surface area contributed by atoms with Crippen molar-refractivity contribution >= 4 is 13.9 Å². The molecule has 19 heavy (non-hydrogen) atoms. The number of unbranched alkanes of at least 4 members (excludes halogenated alkanes) is 3. The van der Waals surface area contributed by atoms with E-state index in [9.17, 15) is 14.7 Å². The van der Waals surface area contributed by atoms with Crippen LogP contribution < -0.4 is 4.52 Å². The van der Waals surface area contributed by atoms with Crippen LogP contribution in [-0.4, -0.2) is 11.5 Å². The van der Waals surface area contributed by atoms with E-state index in [2.05, 4.69) is 6.92 Å². The minimum absolute atomic E-state index is 0.0388. The van der Waals surface area contributed by atoms with Crippen molar-refractivity contribution in [2.45, 2.75) is 32.6 Å². The zero-order valence-electron chi connectivity index (χ0n) is 10.8. The maximum Gasteiger partial charge on any atom is 0.750 e. The Morgan fingerprint density at radius 2 is 1.89 bits per heavy atom. The highest BCUT2D eigenvalue weighted by Gasteiger charge is 2.22. The molecule has 0 spiro atoms. The predicted molar refractivity (Wildman–Crippen MR) is 71.4 cm³/mol. The van der Waals surface area contributed by atoms with Gasteiger partial charge in [-0.1, -0.05) is 26.2 Å². The fourth-order valence-corrected chi connectivity index (χ4v) is 2.03. The molecule has 0 aliphatic heterocycles. The van der Waals surface area contributed by atoms with Crippen LogP contribution in [0.1, 0.15) is 32.6 Å². The van der Waals surface area contributed by atoms with Crippen molar-refractivity contribution < 1.29 is 18.5 Å². The zero-order chi connectivity index (χ0) is 14.1. The molecule has 0 bridgehead atoms. The Kier molecular flexibility index (Phi) is 7.00. The van der Waals surface area contributed by atoms with E-state index in [1.54, 1.807) is 0 Å². The SMILES string of the molecule is CCCCCCO[P+](=O)Oc1ccc([N+](=O)[O-])cc1. The van der Waals surface area contributed by atoms with Crippen molar-refractivity contribution in [2.24, 2.45) is 0 Å². The lowest BCUT2D eigenvalue weighted by atomic mass is 10.2. The number of nitro benzene ring substituents is 1. The highest BCUT2D eigenvalue weighted by molar-refractivity contribution is 7.33. The van der Waals surface area contributed by atoms with Crippen LogP contribution in [0, 0.1) is 10.1 Å². The molecule has 1 aromatic carbocycles. The van der Waals surface area contributed by atoms with E-state index in [0.29, 0.717) is 12.4 Å². The van der Waals surface area contributed by atoms with Crippen LogP contribution in [0.2, 0.25) is 0 Å². The second-order valence-corrected chi connectivity index (χ2v) is 4.85. The molecule has 0 fully saturated rings. The molecule has 0 saturated heterocycles. The summed E-state index contributed by atoms with van der Waals surface area (Å²) >= 11 is 0. The molecular formula is C12H17NO5P+. The van der Waals surface area contributed by atoms with E-state index in [-0.39, 0.29) is 5.69 Å². The molecular weight excluding hydrogens is 269 g/mol. The van der Waals surface area contributed by atoms with E-state index >= 15 is 0 Å². The smallest absolute Gasteiger partial charge is 0.258 e. The highest BCUT2D eigenvalue weighted by atomic mass is 31.1. The summed E-state index contributed by atoms with van der Waals surface area (Å²) in [5.74, 6) is 0.292. The average Bonchev–Trinajstić information content (AvgIpc) is 2.39. The Balaban J connectivity index is 2.30. The summed E-state index contributed by atoms with van der Waals surface area (Å²) < 4.78 is 21.5. The van der Waals surface area contributed by atoms with Gasteiger partial charge in [0.2, 0.25) is 0 Å². The number of nitrogens with zero attached hydrogens (tertiary/aromatic N) is 1. The molecule has 0 N–H and O–H groups in total. The molecule has 6 nitrogen and oxygen atoms in total. The van der Waals surface area contributed by atoms with E-state index < -0.39 is 13.2 Å². The summed E-state index contributed by atoms with van der Waals surface area (Å²) in [6.07, 6.45) is 4.14. The lowest BCUT2D eigenvalue weighted by Gasteiger charge is -1.95. The number of benzene rings is 1. The second-order valence-electron chi connectivity index (χ2n) is 3.96. The van der Waals surface area contributed by atoms with E-state index in [0.717, 1.165) is 25.7 Å². The highest BCUT2D eigenvalue weighted by Crippen LogP contribution is 2.29. The Labute approximate surface area is 112 Å². The lowest BCUT2D eigenvalue weighted by molar-refractivity contribution is -0.384. The Morgan fingerprint density at radius 1 is 1.21 bits per heavy atom. The first-order valence-electron chi connectivity index (χ1n) is 6.16. The van der Waals surface area contributed by atoms with Crippen LogP contribution in [0.3, 0.4) is 0 Å². The zero-order valence-corrected chi connectivity index (χ0v) is 11.7. The fourth-order valence-electron chi connectivity index (χ4n) is 1.41. The number of hydrogen-bond donors (Lipinski definition) is 0. The first-order valence-corrected chi connectivity index (χ1v) is 7.25. The van der Waals surface area contributed by atoms with E-state index in [1.165, 1.54) is 24.3 Å². The van der Waals surface area contributed by atoms with Gasteiger partial charge in [-0.3, -0.25) is 10.1 Å². The Hall–Kier alpha value is -1.52. The second kappa shape index (κ2) is 8.56. The van der Waals surface area contributed by atoms with Crippen LogP contribution in [0.15, 0.2) is 24.3 Å². The summed E-state index contributed by atoms with van der Waals surface area (Å²) in [7, 11) is -2.22. The van der Waals surface area contributed by atoms with Crippen LogP contribution in [0.4, 0.5) is 5.69 Å². The van der Waals surface area contributed by atoms with Crippen molar-refractivity contribution in [3.8, 4) is 5.75 Å². The van der Waals surface area contributed by atoms with E-state index in [1.807, 2.05) is 0 Å². The Bertz CT molecular complexity index is 421. The number of non-ortho nitro benzene ring substituents is 1. The molecule has 0 aromatic heterocycles. The molecule has 1 atom stereocenters. The quantitative estimate of drug-likeness (QED) is 0.294. The largest absolute Gasteiger partial charge is 0.750 e. The standard InChI is InChI=1S/C12H17NO5P/c1-2-3-4-5-10-17-19(16)18-12-8-6-11(7-9-12)13(14)15/h6-9H,2-5,10H2,1H3/q+1. The Morgan fingerprint density at radius 3 is 2.47 bits per heavy atom. The normalized spacial score (nSPS) is 11.1. The van der Waals surface area contributed by atoms with Gasteiger partial charge < -0.3 is 0 Å². The third kappa shape index (κ3) is 6.27. The molecule has 1 aromatic rings. The third-order valence-corrected chi connectivity index (χ3v) is 3.18. The topological polar surface area (TPSA) is 78.7 Å². The minimum atomic E-state index is -2.22. The number of rotatable bonds is 9. The van der Waals surface area contributed by atoms with Crippen molar-refractivity contribution in [2.75, 3.05) is 6.61 Å². The molecule has 0 radical (unpaired) electrons. The molecule has 0 aliphatic carbocycles. The number of nitro groups is 1. The van der Waals surface area contributed by atoms with Crippen LogP contribution in [0.25, 0.3) is 0 Å². The van der Waals surface area contributed by atoms with Gasteiger partial charge in [0.15, 0.2) is 5.75 Å². The van der Waals surface area contributed by atoms with E-state index in [4.69, 9.17) is 9.05 Å². The summed E-state index contributed by atoms with van der Waals surface area (Å²) in [6, 6.07) is 5.37. The first-order chi connectivity index (χ1) is 9.13. The van der Waals surface area contributed by atoms with Crippen LogP contribution in [0.5, 0.6) is 5.75 Å². The molecule has 0 amide bonds. The van der Waals surface area contributed by atoms with Crippen LogP contribution in [-0.2, 0) is 9.09 Å². The summed E-state index contributed by atoms with van der Waals surface area (Å²) in [5.41, 5.74) is -0.0388. The van der Waals surface area contributed by atoms with Gasteiger partial charge in [0.05, 0.1) is 4.92 Å². The predicted octanol–water partition coefficient (Wildman–Crippen LogP) is 4.23. The molecule has 1 rings (SSSR count). The lowest BCUT2D eigenvalue weighted by Crippen LogP contribution is -1.91. The summed E-state index contributed by atoms with van der Waals surface area (Å²) in [6.45, 7) is 2.50. The third-order valence-electron chi connectivity index (χ3n) is 2.42. The molecule has 0 heterocycles. The van der Waals surface area contributed by atoms with Gasteiger partial charge in [-0.2, -0.15) is 0 Å². The molecule has 0 saturated carbocycles. The summed E-state index contributed by atoms with van der Waals surface area (Å²) in [5, 5.41) is 10.4. The van der Waals surface area contributed by atoms with Crippen molar-refractivity contribution in [3.05, 3.63) is 34.4 Å². The van der Waals surface area contributed by atoms with Gasteiger partial charge >= 0.3 is 8.25 Å². The number of hydrogen-bond acceptors (Lipinski definition) is 5. The van der Waals surface area contributed by atoms with Crippen molar-refractivity contribution in [1.29, 1.82) is 0 Å². The summed E-state index contributed by atoms with van der Waals surface area (Å²) in [4.78, 5) is 9.94. The molecule has 104 valence electrons. The van der Waals surface area contributed by atoms with Crippen molar-refractivity contribution in [3.63, 3.8) is 0 Å². The molecule has 1 unspecified atom stereocenters. The first kappa shape index (κ1) is 15.5. The minimum Gasteiger partial charge on any atom is -0.258 e. The average molecular weight is 286 g/mol. The van der Waals surface area contributed by atoms with Gasteiger partial charge in [-0.05, 0) is 18.6 Å². The van der Waals surface area contributed by atoms with Gasteiger partial charge in [0, 0.05) is 16.7 Å².